The highest BCUT2D eigenvalue weighted by Crippen LogP contribution is 2.17. The summed E-state index contributed by atoms with van der Waals surface area (Å²) in [4.78, 5) is 0.277. The molecule has 0 aliphatic heterocycles. The Balaban J connectivity index is 2.73. The molecule has 0 amide bonds. The van der Waals surface area contributed by atoms with Crippen molar-refractivity contribution in [1.29, 1.82) is 0 Å². The molecular weight excluding hydrogens is 298 g/mol. The number of hydrogen-bond acceptors (Lipinski definition) is 5. The van der Waals surface area contributed by atoms with E-state index in [4.69, 9.17) is 5.73 Å². The van der Waals surface area contributed by atoms with Crippen molar-refractivity contribution in [2.75, 3.05) is 12.0 Å². The first-order chi connectivity index (χ1) is 9.13. The zero-order valence-corrected chi connectivity index (χ0v) is 13.4. The first kappa shape index (κ1) is 17.1. The second kappa shape index (κ2) is 6.69. The highest BCUT2D eigenvalue weighted by Gasteiger charge is 2.15. The van der Waals surface area contributed by atoms with Gasteiger partial charge in [0.15, 0.2) is 19.7 Å². The zero-order chi connectivity index (χ0) is 15.4. The van der Waals surface area contributed by atoms with Crippen LogP contribution in [0.3, 0.4) is 0 Å². The number of unbranched alkanes of at least 4 members (excludes halogenated alkanes) is 1. The maximum absolute atomic E-state index is 12.1. The molecular formula is C13H21NO4S2. The fourth-order valence-corrected chi connectivity index (χ4v) is 3.77. The fraction of sp³-hybridized carbons (Fsp3) is 0.538. The summed E-state index contributed by atoms with van der Waals surface area (Å²) in [6.07, 6.45) is 3.20. The van der Waals surface area contributed by atoms with Gasteiger partial charge in [-0.1, -0.05) is 6.42 Å². The molecule has 0 saturated carbocycles. The summed E-state index contributed by atoms with van der Waals surface area (Å²) in [5.74, 6) is 0.0535. The van der Waals surface area contributed by atoms with Crippen molar-refractivity contribution in [3.05, 3.63) is 24.3 Å². The van der Waals surface area contributed by atoms with Gasteiger partial charge in [-0.25, -0.2) is 16.8 Å². The van der Waals surface area contributed by atoms with E-state index < -0.39 is 19.7 Å². The summed E-state index contributed by atoms with van der Waals surface area (Å²) in [6, 6.07) is 5.41. The first-order valence-electron chi connectivity index (χ1n) is 6.41. The Morgan fingerprint density at radius 3 is 1.95 bits per heavy atom. The number of nitrogens with two attached hydrogens (primary N) is 1. The Morgan fingerprint density at radius 2 is 1.50 bits per heavy atom. The maximum atomic E-state index is 12.1. The topological polar surface area (TPSA) is 94.3 Å². The van der Waals surface area contributed by atoms with Crippen molar-refractivity contribution in [2.45, 2.75) is 42.0 Å². The maximum Gasteiger partial charge on any atom is 0.178 e. The van der Waals surface area contributed by atoms with Crippen LogP contribution in [-0.2, 0) is 19.7 Å². The summed E-state index contributed by atoms with van der Waals surface area (Å²) >= 11 is 0. The summed E-state index contributed by atoms with van der Waals surface area (Å²) in [5.41, 5.74) is 5.60. The lowest BCUT2D eigenvalue weighted by atomic mass is 10.2. The van der Waals surface area contributed by atoms with E-state index in [9.17, 15) is 16.8 Å². The van der Waals surface area contributed by atoms with Crippen LogP contribution in [0.4, 0.5) is 0 Å². The van der Waals surface area contributed by atoms with Crippen molar-refractivity contribution >= 4 is 19.7 Å². The van der Waals surface area contributed by atoms with Gasteiger partial charge in [0, 0.05) is 12.3 Å². The van der Waals surface area contributed by atoms with Crippen LogP contribution in [0.5, 0.6) is 0 Å². The van der Waals surface area contributed by atoms with Crippen LogP contribution in [0, 0.1) is 0 Å². The Bertz CT molecular complexity index is 631. The summed E-state index contributed by atoms with van der Waals surface area (Å²) in [5, 5.41) is 0. The molecule has 1 aromatic carbocycles. The van der Waals surface area contributed by atoms with E-state index in [0.29, 0.717) is 6.42 Å². The highest BCUT2D eigenvalue weighted by molar-refractivity contribution is 7.91. The van der Waals surface area contributed by atoms with Gasteiger partial charge in [-0.3, -0.25) is 0 Å². The van der Waals surface area contributed by atoms with Crippen LogP contribution in [-0.4, -0.2) is 34.9 Å². The molecule has 0 aromatic heterocycles. The van der Waals surface area contributed by atoms with Crippen molar-refractivity contribution in [3.63, 3.8) is 0 Å². The summed E-state index contributed by atoms with van der Waals surface area (Å²) in [6.45, 7) is 1.89. The van der Waals surface area contributed by atoms with E-state index in [1.807, 2.05) is 6.92 Å². The van der Waals surface area contributed by atoms with E-state index in [1.165, 1.54) is 24.3 Å². The molecule has 0 saturated heterocycles. The fourth-order valence-electron chi connectivity index (χ4n) is 1.77. The molecule has 114 valence electrons. The molecule has 1 unspecified atom stereocenters. The van der Waals surface area contributed by atoms with Crippen LogP contribution in [0.1, 0.15) is 26.2 Å². The second-order valence-corrected chi connectivity index (χ2v) is 9.16. The van der Waals surface area contributed by atoms with Crippen LogP contribution in [0.25, 0.3) is 0 Å². The lowest BCUT2D eigenvalue weighted by molar-refractivity contribution is 0.580. The highest BCUT2D eigenvalue weighted by atomic mass is 32.2. The van der Waals surface area contributed by atoms with Crippen LogP contribution >= 0.6 is 0 Å². The predicted molar refractivity (Wildman–Crippen MR) is 79.1 cm³/mol. The Labute approximate surface area is 121 Å². The molecule has 1 aromatic rings. The van der Waals surface area contributed by atoms with Gasteiger partial charge in [-0.2, -0.15) is 0 Å². The number of hydrogen-bond donors (Lipinski definition) is 1. The SMILES string of the molecule is CC(N)CCCCS(=O)(=O)c1ccc(S(C)(=O)=O)cc1. The standard InChI is InChI=1S/C13H21NO4S2/c1-11(14)5-3-4-10-20(17,18)13-8-6-12(7-9-13)19(2,15)16/h6-9,11H,3-5,10,14H2,1-2H3. The molecule has 0 fully saturated rings. The van der Waals surface area contributed by atoms with Crippen molar-refractivity contribution in [2.24, 2.45) is 5.73 Å². The summed E-state index contributed by atoms with van der Waals surface area (Å²) < 4.78 is 46.7. The minimum absolute atomic E-state index is 0.0535. The molecule has 1 rings (SSSR count). The molecule has 20 heavy (non-hydrogen) atoms. The number of rotatable bonds is 7. The number of sulfone groups is 2. The average molecular weight is 319 g/mol. The van der Waals surface area contributed by atoms with Gasteiger partial charge in [0.05, 0.1) is 15.5 Å². The predicted octanol–water partition coefficient (Wildman–Crippen LogP) is 1.38. The quantitative estimate of drug-likeness (QED) is 0.766. The summed E-state index contributed by atoms with van der Waals surface area (Å²) in [7, 11) is -6.66. The smallest absolute Gasteiger partial charge is 0.178 e. The van der Waals surface area contributed by atoms with Gasteiger partial charge >= 0.3 is 0 Å². The van der Waals surface area contributed by atoms with E-state index in [0.717, 1.165) is 19.1 Å². The average Bonchev–Trinajstić information content (AvgIpc) is 2.34. The molecule has 0 spiro atoms. The Kier molecular flexibility index (Phi) is 5.73. The Hall–Kier alpha value is -0.920. The zero-order valence-electron chi connectivity index (χ0n) is 11.7. The molecule has 2 N–H and O–H groups in total. The third-order valence-corrected chi connectivity index (χ3v) is 5.88. The van der Waals surface area contributed by atoms with Gasteiger partial charge in [-0.15, -0.1) is 0 Å². The van der Waals surface area contributed by atoms with Crippen LogP contribution < -0.4 is 5.73 Å². The van der Waals surface area contributed by atoms with Crippen molar-refractivity contribution in [3.8, 4) is 0 Å². The van der Waals surface area contributed by atoms with Gasteiger partial charge in [0.25, 0.3) is 0 Å². The third-order valence-electron chi connectivity index (χ3n) is 2.93. The van der Waals surface area contributed by atoms with Crippen molar-refractivity contribution < 1.29 is 16.8 Å². The minimum atomic E-state index is -3.36. The van der Waals surface area contributed by atoms with Gasteiger partial charge < -0.3 is 5.73 Å². The minimum Gasteiger partial charge on any atom is -0.328 e. The molecule has 0 bridgehead atoms. The molecule has 0 heterocycles. The van der Waals surface area contributed by atoms with Crippen LogP contribution in [0.2, 0.25) is 0 Å². The largest absolute Gasteiger partial charge is 0.328 e. The van der Waals surface area contributed by atoms with Crippen molar-refractivity contribution in [1.82, 2.24) is 0 Å². The molecule has 0 aliphatic carbocycles. The number of benzene rings is 1. The van der Waals surface area contributed by atoms with Crippen LogP contribution in [0.15, 0.2) is 34.1 Å². The third kappa shape index (κ3) is 5.22. The van der Waals surface area contributed by atoms with E-state index in [2.05, 4.69) is 0 Å². The lowest BCUT2D eigenvalue weighted by Gasteiger charge is -2.07. The molecule has 5 nitrogen and oxygen atoms in total. The monoisotopic (exact) mass is 319 g/mol. The molecule has 1 atom stereocenters. The lowest BCUT2D eigenvalue weighted by Crippen LogP contribution is -2.15. The van der Waals surface area contributed by atoms with E-state index in [1.54, 1.807) is 0 Å². The molecule has 7 heteroatoms. The first-order valence-corrected chi connectivity index (χ1v) is 9.96. The van der Waals surface area contributed by atoms with Gasteiger partial charge in [0.1, 0.15) is 0 Å². The Morgan fingerprint density at radius 1 is 1.00 bits per heavy atom. The van der Waals surface area contributed by atoms with E-state index >= 15 is 0 Å². The normalized spacial score (nSPS) is 14.2. The molecule has 0 aliphatic rings. The van der Waals surface area contributed by atoms with Gasteiger partial charge in [0.2, 0.25) is 0 Å². The molecule has 0 radical (unpaired) electrons. The van der Waals surface area contributed by atoms with E-state index in [-0.39, 0.29) is 21.6 Å². The second-order valence-electron chi connectivity index (χ2n) is 5.04. The van der Waals surface area contributed by atoms with Gasteiger partial charge in [-0.05, 0) is 44.0 Å².